The highest BCUT2D eigenvalue weighted by atomic mass is 32.1. The Morgan fingerprint density at radius 2 is 1.88 bits per heavy atom. The fourth-order valence-electron chi connectivity index (χ4n) is 2.43. The molecule has 0 aliphatic rings. The summed E-state index contributed by atoms with van der Waals surface area (Å²) in [6, 6.07) is 4.41. The number of thiophene rings is 1. The van der Waals surface area contributed by atoms with Gasteiger partial charge in [0.05, 0.1) is 12.5 Å². The predicted molar refractivity (Wildman–Crippen MR) is 90.5 cm³/mol. The van der Waals surface area contributed by atoms with Gasteiger partial charge in [-0.2, -0.15) is 0 Å². The number of halogens is 2. The fraction of sp³-hybridized carbons (Fsp3) is 0.235. The van der Waals surface area contributed by atoms with E-state index in [1.165, 1.54) is 13.0 Å². The van der Waals surface area contributed by atoms with Crippen molar-refractivity contribution in [2.75, 3.05) is 0 Å². The summed E-state index contributed by atoms with van der Waals surface area (Å²) in [5.74, 6) is -4.82. The van der Waals surface area contributed by atoms with E-state index in [2.05, 4.69) is 5.32 Å². The van der Waals surface area contributed by atoms with Gasteiger partial charge in [0.1, 0.15) is 11.6 Å². The number of nitrogens with two attached hydrogens (primary N) is 1. The molecule has 1 aromatic carbocycles. The van der Waals surface area contributed by atoms with E-state index in [4.69, 9.17) is 5.73 Å². The first-order valence-electron chi connectivity index (χ1n) is 7.49. The molecular formula is C17H16F2N2O4S. The van der Waals surface area contributed by atoms with Gasteiger partial charge in [0.25, 0.3) is 0 Å². The van der Waals surface area contributed by atoms with Crippen LogP contribution in [0.1, 0.15) is 17.4 Å². The van der Waals surface area contributed by atoms with Gasteiger partial charge in [-0.05, 0) is 36.1 Å². The van der Waals surface area contributed by atoms with Crippen LogP contribution in [0.3, 0.4) is 0 Å². The lowest BCUT2D eigenvalue weighted by Gasteiger charge is -2.25. The van der Waals surface area contributed by atoms with Gasteiger partial charge in [-0.25, -0.2) is 13.6 Å². The van der Waals surface area contributed by atoms with Crippen LogP contribution in [0, 0.1) is 11.6 Å². The van der Waals surface area contributed by atoms with Crippen molar-refractivity contribution in [2.24, 2.45) is 5.73 Å². The maximum atomic E-state index is 13.2. The number of carbonyl (C=O) groups excluding carboxylic acids is 2. The quantitative estimate of drug-likeness (QED) is 0.630. The molecule has 138 valence electrons. The molecule has 1 amide bonds. The number of Topliss-reactive ketones (excluding diaryl/α,β-unsaturated/α-hetero) is 1. The summed E-state index contributed by atoms with van der Waals surface area (Å²) in [4.78, 5) is 36.3. The second kappa shape index (κ2) is 7.71. The van der Waals surface area contributed by atoms with Crippen molar-refractivity contribution in [3.8, 4) is 0 Å². The molecular weight excluding hydrogens is 366 g/mol. The van der Waals surface area contributed by atoms with Crippen LogP contribution in [0.5, 0.6) is 0 Å². The molecule has 2 aromatic rings. The first kappa shape index (κ1) is 19.7. The molecule has 0 unspecified atom stereocenters. The highest BCUT2D eigenvalue weighted by Gasteiger charge is 2.47. The third-order valence-corrected chi connectivity index (χ3v) is 4.70. The van der Waals surface area contributed by atoms with E-state index in [0.29, 0.717) is 6.07 Å². The number of hydrogen-bond acceptors (Lipinski definition) is 5. The topological polar surface area (TPSA) is 109 Å². The van der Waals surface area contributed by atoms with Gasteiger partial charge in [-0.15, -0.1) is 11.3 Å². The molecule has 0 saturated heterocycles. The lowest BCUT2D eigenvalue weighted by atomic mass is 9.89. The number of carboxylic acid groups (broad SMARTS) is 1. The largest absolute Gasteiger partial charge is 0.479 e. The maximum Gasteiger partial charge on any atom is 0.337 e. The van der Waals surface area contributed by atoms with Crippen LogP contribution >= 0.6 is 11.3 Å². The molecule has 0 aliphatic heterocycles. The lowest BCUT2D eigenvalue weighted by Crippen LogP contribution is -2.58. The van der Waals surface area contributed by atoms with E-state index in [9.17, 15) is 28.3 Å². The Labute approximate surface area is 151 Å². The number of carboxylic acids is 1. The Morgan fingerprint density at radius 1 is 1.27 bits per heavy atom. The Balaban J connectivity index is 2.12. The molecule has 0 spiro atoms. The number of hydrogen-bond donors (Lipinski definition) is 3. The number of amides is 1. The number of ketones is 1. The Kier molecular flexibility index (Phi) is 5.83. The van der Waals surface area contributed by atoms with Crippen LogP contribution in [0.2, 0.25) is 0 Å². The van der Waals surface area contributed by atoms with Crippen molar-refractivity contribution in [2.45, 2.75) is 24.9 Å². The number of carbonyl (C=O) groups is 3. The Bertz CT molecular complexity index is 821. The van der Waals surface area contributed by atoms with Crippen molar-refractivity contribution in [1.82, 2.24) is 5.32 Å². The molecule has 0 saturated carbocycles. The second-order valence-electron chi connectivity index (χ2n) is 5.70. The number of aliphatic carboxylic acids is 1. The van der Waals surface area contributed by atoms with Crippen LogP contribution < -0.4 is 11.1 Å². The first-order valence-corrected chi connectivity index (χ1v) is 8.37. The average Bonchev–Trinajstić information content (AvgIpc) is 3.06. The summed E-state index contributed by atoms with van der Waals surface area (Å²) in [6.45, 7) is 1.30. The van der Waals surface area contributed by atoms with E-state index in [1.54, 1.807) is 11.4 Å². The van der Waals surface area contributed by atoms with E-state index < -0.39 is 40.9 Å². The highest BCUT2D eigenvalue weighted by molar-refractivity contribution is 7.10. The van der Waals surface area contributed by atoms with Gasteiger partial charge in [0, 0.05) is 10.9 Å². The molecule has 0 radical (unpaired) electrons. The van der Waals surface area contributed by atoms with E-state index in [-0.39, 0.29) is 16.9 Å². The summed E-state index contributed by atoms with van der Waals surface area (Å²) in [7, 11) is 0. The summed E-state index contributed by atoms with van der Waals surface area (Å²) < 4.78 is 26.3. The molecule has 0 fully saturated rings. The predicted octanol–water partition coefficient (Wildman–Crippen LogP) is 1.58. The van der Waals surface area contributed by atoms with Crippen molar-refractivity contribution < 1.29 is 28.3 Å². The monoisotopic (exact) mass is 382 g/mol. The maximum absolute atomic E-state index is 13.2. The van der Waals surface area contributed by atoms with Crippen LogP contribution in [0.25, 0.3) is 0 Å². The Hall–Kier alpha value is -2.65. The minimum absolute atomic E-state index is 0.0788. The minimum atomic E-state index is -2.30. The first-order chi connectivity index (χ1) is 12.1. The number of benzene rings is 1. The third kappa shape index (κ3) is 4.12. The van der Waals surface area contributed by atoms with Crippen LogP contribution in [-0.2, 0) is 26.3 Å². The number of rotatable bonds is 7. The molecule has 2 atom stereocenters. The van der Waals surface area contributed by atoms with E-state index in [1.807, 2.05) is 0 Å². The van der Waals surface area contributed by atoms with E-state index in [0.717, 1.165) is 23.5 Å². The zero-order chi connectivity index (χ0) is 19.5. The lowest BCUT2D eigenvalue weighted by molar-refractivity contribution is -0.149. The standard InChI is InChI=1S/C17H16F2N2O4S/c1-9(15(23)17(20,16(24)25)13-3-2-4-26-13)21-14(22)7-10-5-11(18)8-12(19)6-10/h2-6,8-9H,7,20H2,1H3,(H,21,22)(H,24,25)/t9-,17-/m0/s1. The Morgan fingerprint density at radius 3 is 2.38 bits per heavy atom. The summed E-state index contributed by atoms with van der Waals surface area (Å²) >= 11 is 1.01. The zero-order valence-corrected chi connectivity index (χ0v) is 14.5. The highest BCUT2D eigenvalue weighted by Crippen LogP contribution is 2.26. The zero-order valence-electron chi connectivity index (χ0n) is 13.7. The normalized spacial score (nSPS) is 14.3. The van der Waals surface area contributed by atoms with Crippen molar-refractivity contribution >= 4 is 29.0 Å². The molecule has 0 bridgehead atoms. The smallest absolute Gasteiger partial charge is 0.337 e. The van der Waals surface area contributed by atoms with Gasteiger partial charge >= 0.3 is 5.97 Å². The average molecular weight is 382 g/mol. The summed E-state index contributed by atoms with van der Waals surface area (Å²) in [5.41, 5.74) is 3.61. The molecule has 6 nitrogen and oxygen atoms in total. The van der Waals surface area contributed by atoms with Crippen LogP contribution in [0.15, 0.2) is 35.7 Å². The molecule has 26 heavy (non-hydrogen) atoms. The van der Waals surface area contributed by atoms with Crippen molar-refractivity contribution in [3.63, 3.8) is 0 Å². The van der Waals surface area contributed by atoms with E-state index >= 15 is 0 Å². The number of nitrogens with one attached hydrogen (secondary N) is 1. The second-order valence-corrected chi connectivity index (χ2v) is 6.65. The van der Waals surface area contributed by atoms with Gasteiger partial charge in [-0.3, -0.25) is 9.59 Å². The fourth-order valence-corrected chi connectivity index (χ4v) is 3.27. The SMILES string of the molecule is C[C@H](NC(=O)Cc1cc(F)cc(F)c1)C(=O)[C@](N)(C(=O)O)c1cccs1. The minimum Gasteiger partial charge on any atom is -0.479 e. The molecule has 9 heteroatoms. The van der Waals surface area contributed by atoms with Crippen molar-refractivity contribution in [1.29, 1.82) is 0 Å². The van der Waals surface area contributed by atoms with Gasteiger partial charge < -0.3 is 16.2 Å². The molecule has 0 aliphatic carbocycles. The molecule has 2 rings (SSSR count). The summed E-state index contributed by atoms with van der Waals surface area (Å²) in [6.07, 6.45) is -0.379. The van der Waals surface area contributed by atoms with Gasteiger partial charge in [0.2, 0.25) is 11.4 Å². The van der Waals surface area contributed by atoms with Gasteiger partial charge in [0.15, 0.2) is 5.78 Å². The van der Waals surface area contributed by atoms with Crippen LogP contribution in [0.4, 0.5) is 8.78 Å². The molecule has 1 aromatic heterocycles. The summed E-state index contributed by atoms with van der Waals surface area (Å²) in [5, 5.41) is 13.3. The van der Waals surface area contributed by atoms with Crippen molar-refractivity contribution in [3.05, 3.63) is 57.8 Å². The van der Waals surface area contributed by atoms with Gasteiger partial charge in [-0.1, -0.05) is 6.07 Å². The third-order valence-electron chi connectivity index (χ3n) is 3.69. The molecule has 4 N–H and O–H groups in total. The van der Waals surface area contributed by atoms with Crippen LogP contribution in [-0.4, -0.2) is 28.8 Å². The molecule has 1 heterocycles.